The first-order valence-corrected chi connectivity index (χ1v) is 9.69. The maximum atomic E-state index is 12.0. The molecular weight excluding hydrogens is 344 g/mol. The van der Waals surface area contributed by atoms with E-state index in [2.05, 4.69) is 5.32 Å². The van der Waals surface area contributed by atoms with Crippen molar-refractivity contribution in [2.24, 2.45) is 5.92 Å². The molecule has 1 aromatic heterocycles. The van der Waals surface area contributed by atoms with Crippen LogP contribution in [0, 0.1) is 5.92 Å². The van der Waals surface area contributed by atoms with Gasteiger partial charge in [0, 0.05) is 22.6 Å². The third-order valence-corrected chi connectivity index (χ3v) is 5.16. The lowest BCUT2D eigenvalue weighted by molar-refractivity contribution is -0.140. The van der Waals surface area contributed by atoms with Gasteiger partial charge in [0.15, 0.2) is 0 Å². The van der Waals surface area contributed by atoms with Crippen molar-refractivity contribution >= 4 is 23.0 Å². The normalized spacial score (nSPS) is 17.6. The van der Waals surface area contributed by atoms with Crippen molar-refractivity contribution in [2.75, 3.05) is 6.61 Å². The van der Waals surface area contributed by atoms with Gasteiger partial charge in [-0.3, -0.25) is 0 Å². The minimum absolute atomic E-state index is 0.00122. The van der Waals surface area contributed by atoms with Gasteiger partial charge in [-0.2, -0.15) is 0 Å². The van der Waals surface area contributed by atoms with Gasteiger partial charge in [-0.1, -0.05) is 39.0 Å². The molecule has 2 atom stereocenters. The minimum Gasteiger partial charge on any atom is -0.480 e. The summed E-state index contributed by atoms with van der Waals surface area (Å²) in [6.45, 7) is 6.31. The number of hydrogen-bond donors (Lipinski definition) is 2. The topological polar surface area (TPSA) is 80.6 Å². The number of benzene rings is 1. The van der Waals surface area contributed by atoms with E-state index in [0.29, 0.717) is 25.4 Å². The number of alkyl carbamates (subject to hydrolysis) is 1. The summed E-state index contributed by atoms with van der Waals surface area (Å²) in [5, 5.41) is 13.7. The fourth-order valence-corrected chi connectivity index (χ4v) is 3.94. The summed E-state index contributed by atoms with van der Waals surface area (Å²) in [6, 6.07) is 7.37. The summed E-state index contributed by atoms with van der Waals surface area (Å²) in [6.07, 6.45) is 2.36. The van der Waals surface area contributed by atoms with Gasteiger partial charge in [-0.05, 0) is 43.2 Å². The predicted molar refractivity (Wildman–Crippen MR) is 104 cm³/mol. The summed E-state index contributed by atoms with van der Waals surface area (Å²) in [5.74, 6) is -0.507. The highest BCUT2D eigenvalue weighted by Crippen LogP contribution is 2.35. The quantitative estimate of drug-likeness (QED) is 0.805. The molecule has 2 N–H and O–H groups in total. The fraction of sp³-hybridized carbons (Fsp3) is 0.524. The Kier molecular flexibility index (Phi) is 5.73. The van der Waals surface area contributed by atoms with E-state index < -0.39 is 12.0 Å². The van der Waals surface area contributed by atoms with Crippen molar-refractivity contribution in [1.82, 2.24) is 9.88 Å². The average molecular weight is 372 g/mol. The van der Waals surface area contributed by atoms with Gasteiger partial charge in [0.2, 0.25) is 0 Å². The second-order valence-electron chi connectivity index (χ2n) is 7.65. The molecule has 1 amide bonds. The number of carboxylic acid groups (broad SMARTS) is 1. The molecule has 27 heavy (non-hydrogen) atoms. The van der Waals surface area contributed by atoms with E-state index in [0.717, 1.165) is 35.0 Å². The number of carbonyl (C=O) groups excluding carboxylic acids is 1. The van der Waals surface area contributed by atoms with Crippen molar-refractivity contribution in [1.29, 1.82) is 0 Å². The van der Waals surface area contributed by atoms with Gasteiger partial charge in [0.05, 0.1) is 6.61 Å². The first kappa shape index (κ1) is 19.3. The van der Waals surface area contributed by atoms with Gasteiger partial charge in [0.25, 0.3) is 0 Å². The predicted octanol–water partition coefficient (Wildman–Crippen LogP) is 3.92. The molecule has 6 heteroatoms. The first-order valence-electron chi connectivity index (χ1n) is 9.69. The number of fused-ring (bicyclic) bond motifs is 3. The highest BCUT2D eigenvalue weighted by atomic mass is 16.5. The number of nitrogens with one attached hydrogen (secondary N) is 1. The number of nitrogens with zero attached hydrogens (tertiary/aromatic N) is 1. The smallest absolute Gasteiger partial charge is 0.407 e. The van der Waals surface area contributed by atoms with Gasteiger partial charge >= 0.3 is 12.1 Å². The molecule has 0 radical (unpaired) electrons. The number of para-hydroxylation sites is 1. The Morgan fingerprint density at radius 3 is 2.74 bits per heavy atom. The van der Waals surface area contributed by atoms with Crippen LogP contribution in [-0.4, -0.2) is 34.4 Å². The van der Waals surface area contributed by atoms with Crippen LogP contribution in [0.4, 0.5) is 4.79 Å². The summed E-state index contributed by atoms with van der Waals surface area (Å²) < 4.78 is 7.23. The molecular formula is C21H28N2O4. The summed E-state index contributed by atoms with van der Waals surface area (Å²) in [4.78, 5) is 23.8. The average Bonchev–Trinajstić information content (AvgIpc) is 2.95. The molecule has 0 saturated heterocycles. The molecule has 0 fully saturated rings. The Morgan fingerprint density at radius 1 is 1.33 bits per heavy atom. The van der Waals surface area contributed by atoms with Crippen molar-refractivity contribution < 1.29 is 19.4 Å². The van der Waals surface area contributed by atoms with E-state index in [-0.39, 0.29) is 12.1 Å². The van der Waals surface area contributed by atoms with Crippen LogP contribution in [0.15, 0.2) is 24.3 Å². The Balaban J connectivity index is 1.89. The van der Waals surface area contributed by atoms with Gasteiger partial charge < -0.3 is 19.7 Å². The summed E-state index contributed by atoms with van der Waals surface area (Å²) in [5.41, 5.74) is 3.18. The molecule has 0 saturated carbocycles. The Labute approximate surface area is 159 Å². The molecule has 1 aliphatic rings. The zero-order valence-electron chi connectivity index (χ0n) is 16.2. The Bertz CT molecular complexity index is 840. The SMILES string of the molecule is CCC(C(=O)O)n1c2c(c3ccccc31)C[C@H](NC(=O)OCC(C)C)CC2. The lowest BCUT2D eigenvalue weighted by Gasteiger charge is -2.26. The second-order valence-corrected chi connectivity index (χ2v) is 7.65. The van der Waals surface area contributed by atoms with Gasteiger partial charge in [-0.25, -0.2) is 9.59 Å². The molecule has 1 heterocycles. The fourth-order valence-electron chi connectivity index (χ4n) is 3.94. The lowest BCUT2D eigenvalue weighted by atomic mass is 9.91. The highest BCUT2D eigenvalue weighted by Gasteiger charge is 2.30. The molecule has 2 aromatic rings. The standard InChI is InChI=1S/C21H28N2O4/c1-4-17(20(24)25)23-18-8-6-5-7-15(18)16-11-14(9-10-19(16)23)22-21(26)27-12-13(2)3/h5-8,13-14,17H,4,9-12H2,1-3H3,(H,22,26)(H,24,25)/t14-,17?/m1/s1. The van der Waals surface area contributed by atoms with Gasteiger partial charge in [-0.15, -0.1) is 0 Å². The van der Waals surface area contributed by atoms with E-state index >= 15 is 0 Å². The number of hydrogen-bond acceptors (Lipinski definition) is 3. The van der Waals surface area contributed by atoms with Crippen LogP contribution >= 0.6 is 0 Å². The lowest BCUT2D eigenvalue weighted by Crippen LogP contribution is -2.39. The van der Waals surface area contributed by atoms with E-state index in [1.807, 2.05) is 49.6 Å². The molecule has 0 spiro atoms. The maximum absolute atomic E-state index is 12.0. The van der Waals surface area contributed by atoms with E-state index in [1.54, 1.807) is 0 Å². The highest BCUT2D eigenvalue weighted by molar-refractivity contribution is 5.88. The second kappa shape index (κ2) is 8.03. The number of ether oxygens (including phenoxy) is 1. The zero-order valence-corrected chi connectivity index (χ0v) is 16.2. The third-order valence-electron chi connectivity index (χ3n) is 5.16. The number of aliphatic carboxylic acids is 1. The number of carbonyl (C=O) groups is 2. The Morgan fingerprint density at radius 2 is 2.07 bits per heavy atom. The monoisotopic (exact) mass is 372 g/mol. The van der Waals surface area contributed by atoms with Crippen LogP contribution < -0.4 is 5.32 Å². The molecule has 1 aliphatic carbocycles. The van der Waals surface area contributed by atoms with E-state index in [9.17, 15) is 14.7 Å². The maximum Gasteiger partial charge on any atom is 0.407 e. The van der Waals surface area contributed by atoms with Crippen LogP contribution in [-0.2, 0) is 22.4 Å². The minimum atomic E-state index is -0.807. The van der Waals surface area contributed by atoms with Crippen molar-refractivity contribution in [3.63, 3.8) is 0 Å². The molecule has 1 unspecified atom stereocenters. The first-order chi connectivity index (χ1) is 12.9. The number of carboxylic acids is 1. The summed E-state index contributed by atoms with van der Waals surface area (Å²) in [7, 11) is 0. The zero-order chi connectivity index (χ0) is 19.6. The summed E-state index contributed by atoms with van der Waals surface area (Å²) >= 11 is 0. The van der Waals surface area contributed by atoms with Crippen LogP contribution in [0.2, 0.25) is 0 Å². The largest absolute Gasteiger partial charge is 0.480 e. The molecule has 0 bridgehead atoms. The van der Waals surface area contributed by atoms with E-state index in [1.165, 1.54) is 0 Å². The van der Waals surface area contributed by atoms with Crippen molar-refractivity contribution in [2.45, 2.75) is 58.5 Å². The van der Waals surface area contributed by atoms with Gasteiger partial charge in [0.1, 0.15) is 6.04 Å². The molecule has 1 aromatic carbocycles. The third kappa shape index (κ3) is 3.94. The van der Waals surface area contributed by atoms with Crippen molar-refractivity contribution in [3.05, 3.63) is 35.5 Å². The number of amides is 1. The molecule has 3 rings (SSSR count). The molecule has 0 aliphatic heterocycles. The van der Waals surface area contributed by atoms with Crippen LogP contribution in [0.1, 0.15) is 50.9 Å². The van der Waals surface area contributed by atoms with E-state index in [4.69, 9.17) is 4.74 Å². The van der Waals surface area contributed by atoms with Crippen LogP contribution in [0.5, 0.6) is 0 Å². The van der Waals surface area contributed by atoms with Crippen molar-refractivity contribution in [3.8, 4) is 0 Å². The molecule has 6 nitrogen and oxygen atoms in total. The number of rotatable bonds is 6. The molecule has 146 valence electrons. The number of aromatic nitrogens is 1. The van der Waals surface area contributed by atoms with Crippen LogP contribution in [0.25, 0.3) is 10.9 Å². The Hall–Kier alpha value is -2.50. The van der Waals surface area contributed by atoms with Crippen LogP contribution in [0.3, 0.4) is 0 Å².